The molecule has 2 heterocycles. The second kappa shape index (κ2) is 12.6. The monoisotopic (exact) mass is 534 g/mol. The van der Waals surface area contributed by atoms with Gasteiger partial charge in [-0.15, -0.1) is 0 Å². The summed E-state index contributed by atoms with van der Waals surface area (Å²) in [6.45, 7) is 4.22. The Bertz CT molecular complexity index is 1260. The summed E-state index contributed by atoms with van der Waals surface area (Å²) < 4.78 is 14.1. The fourth-order valence-corrected chi connectivity index (χ4v) is 5.28. The molecule has 208 valence electrons. The van der Waals surface area contributed by atoms with E-state index in [1.807, 2.05) is 48.5 Å². The Morgan fingerprint density at radius 3 is 2.36 bits per heavy atom. The lowest BCUT2D eigenvalue weighted by molar-refractivity contribution is -0.144. The molecule has 2 aromatic carbocycles. The van der Waals surface area contributed by atoms with Crippen LogP contribution in [0.1, 0.15) is 74.8 Å². The molecule has 8 heteroatoms. The summed E-state index contributed by atoms with van der Waals surface area (Å²) >= 11 is 0. The number of nitrogens with one attached hydrogen (secondary N) is 1. The highest BCUT2D eigenvalue weighted by Crippen LogP contribution is 2.28. The van der Waals surface area contributed by atoms with Gasteiger partial charge >= 0.3 is 0 Å². The Kier molecular flexibility index (Phi) is 9.28. The van der Waals surface area contributed by atoms with Crippen LogP contribution in [0.2, 0.25) is 0 Å². The van der Waals surface area contributed by atoms with E-state index < -0.39 is 23.2 Å². The first-order valence-electron chi connectivity index (χ1n) is 13.9. The molecule has 0 aliphatic carbocycles. The number of hydrogen-bond donors (Lipinski definition) is 2. The minimum absolute atomic E-state index is 0.0731. The van der Waals surface area contributed by atoms with Crippen LogP contribution < -0.4 is 5.32 Å². The number of aliphatic hydroxyl groups is 1. The van der Waals surface area contributed by atoms with Crippen molar-refractivity contribution in [3.05, 3.63) is 72.1 Å². The van der Waals surface area contributed by atoms with Crippen LogP contribution in [-0.2, 0) is 11.2 Å². The van der Waals surface area contributed by atoms with Gasteiger partial charge in [-0.3, -0.25) is 14.6 Å². The van der Waals surface area contributed by atoms with Crippen LogP contribution in [0, 0.1) is 0 Å². The van der Waals surface area contributed by atoms with E-state index >= 15 is 0 Å². The lowest BCUT2D eigenvalue weighted by Gasteiger charge is -2.42. The predicted octanol–water partition coefficient (Wildman–Crippen LogP) is 5.02. The predicted molar refractivity (Wildman–Crippen MR) is 150 cm³/mol. The summed E-state index contributed by atoms with van der Waals surface area (Å²) in [6, 6.07) is 16.7. The average molecular weight is 535 g/mol. The van der Waals surface area contributed by atoms with E-state index in [1.54, 1.807) is 11.0 Å². The molecular weight excluding hydrogens is 495 g/mol. The van der Waals surface area contributed by atoms with Gasteiger partial charge in [0.1, 0.15) is 16.9 Å². The van der Waals surface area contributed by atoms with Crippen LogP contribution in [0.15, 0.2) is 60.8 Å². The molecular formula is C31H39FN4O3. The van der Waals surface area contributed by atoms with Crippen molar-refractivity contribution in [2.45, 2.75) is 82.5 Å². The standard InChI is InChI=1S/C31H39FN4O3/c1-30(2,32)18-10-9-17-27(37)31(21-23-13-5-3-6-14-23,29(39)36-19-11-4-12-20-36)35-28(38)26-22-33-24-15-7-8-16-25(24)34-26/h3,5-8,13-16,22,27,37H,4,9-12,17-21H2,1-2H3,(H,35,38)/t27-,31-/m0/s1. The Balaban J connectivity index is 1.69. The van der Waals surface area contributed by atoms with E-state index in [-0.39, 0.29) is 24.4 Å². The smallest absolute Gasteiger partial charge is 0.272 e. The first-order valence-corrected chi connectivity index (χ1v) is 13.9. The molecule has 1 aliphatic rings. The first kappa shape index (κ1) is 28.6. The highest BCUT2D eigenvalue weighted by atomic mass is 19.1. The maximum absolute atomic E-state index is 14.3. The zero-order valence-electron chi connectivity index (χ0n) is 22.9. The number of fused-ring (bicyclic) bond motifs is 1. The van der Waals surface area contributed by atoms with Crippen molar-refractivity contribution in [1.29, 1.82) is 0 Å². The van der Waals surface area contributed by atoms with Crippen molar-refractivity contribution in [3.8, 4) is 0 Å². The van der Waals surface area contributed by atoms with Gasteiger partial charge in [-0.2, -0.15) is 0 Å². The number of halogens is 1. The van der Waals surface area contributed by atoms with Crippen LogP contribution in [-0.4, -0.2) is 62.2 Å². The lowest BCUT2D eigenvalue weighted by Crippen LogP contribution is -2.67. The van der Waals surface area contributed by atoms with Gasteiger partial charge in [-0.05, 0) is 63.6 Å². The van der Waals surface area contributed by atoms with Gasteiger partial charge in [0.15, 0.2) is 0 Å². The number of carbonyl (C=O) groups is 2. The summed E-state index contributed by atoms with van der Waals surface area (Å²) in [7, 11) is 0. The molecule has 1 aromatic heterocycles. The van der Waals surface area contributed by atoms with Crippen molar-refractivity contribution in [1.82, 2.24) is 20.2 Å². The number of carbonyl (C=O) groups excluding carboxylic acids is 2. The number of benzene rings is 2. The highest BCUT2D eigenvalue weighted by molar-refractivity contribution is 5.99. The first-order chi connectivity index (χ1) is 18.7. The van der Waals surface area contributed by atoms with Gasteiger partial charge in [0.2, 0.25) is 0 Å². The summed E-state index contributed by atoms with van der Waals surface area (Å²) in [5.41, 5.74) is -0.812. The van der Waals surface area contributed by atoms with E-state index in [0.29, 0.717) is 43.4 Å². The number of piperidine rings is 1. The highest BCUT2D eigenvalue weighted by Gasteiger charge is 2.49. The van der Waals surface area contributed by atoms with Crippen molar-refractivity contribution in [3.63, 3.8) is 0 Å². The minimum atomic E-state index is -1.62. The molecule has 1 fully saturated rings. The summed E-state index contributed by atoms with van der Waals surface area (Å²) in [4.78, 5) is 38.6. The van der Waals surface area contributed by atoms with Gasteiger partial charge in [0.05, 0.1) is 23.3 Å². The molecule has 0 radical (unpaired) electrons. The third-order valence-corrected chi connectivity index (χ3v) is 7.44. The Labute approximate surface area is 229 Å². The number of para-hydroxylation sites is 2. The maximum atomic E-state index is 14.3. The molecule has 2 amide bonds. The molecule has 1 aliphatic heterocycles. The number of likely N-dealkylation sites (tertiary alicyclic amines) is 1. The molecule has 2 N–H and O–H groups in total. The lowest BCUT2D eigenvalue weighted by atomic mass is 9.80. The van der Waals surface area contributed by atoms with E-state index in [9.17, 15) is 19.1 Å². The van der Waals surface area contributed by atoms with Crippen LogP contribution in [0.4, 0.5) is 4.39 Å². The van der Waals surface area contributed by atoms with Gasteiger partial charge in [0.25, 0.3) is 11.8 Å². The van der Waals surface area contributed by atoms with E-state index in [2.05, 4.69) is 15.3 Å². The van der Waals surface area contributed by atoms with Gasteiger partial charge in [0, 0.05) is 19.5 Å². The number of nitrogens with zero attached hydrogens (tertiary/aromatic N) is 3. The van der Waals surface area contributed by atoms with E-state index in [4.69, 9.17) is 0 Å². The molecule has 39 heavy (non-hydrogen) atoms. The molecule has 2 atom stereocenters. The molecule has 7 nitrogen and oxygen atoms in total. The Morgan fingerprint density at radius 2 is 1.67 bits per heavy atom. The van der Waals surface area contributed by atoms with Crippen molar-refractivity contribution in [2.75, 3.05) is 13.1 Å². The zero-order valence-corrected chi connectivity index (χ0v) is 22.9. The van der Waals surface area contributed by atoms with E-state index in [0.717, 1.165) is 24.8 Å². The summed E-state index contributed by atoms with van der Waals surface area (Å²) in [5.74, 6) is -0.870. The molecule has 0 bridgehead atoms. The molecule has 4 rings (SSSR count). The number of rotatable bonds is 11. The third-order valence-electron chi connectivity index (χ3n) is 7.44. The summed E-state index contributed by atoms with van der Waals surface area (Å²) in [5, 5.41) is 14.7. The SMILES string of the molecule is CC(C)(F)CCCC[C@H](O)[C@](Cc1ccccc1)(NC(=O)c1cnc2ccccc2n1)C(=O)N1CCCCC1. The number of unbranched alkanes of at least 4 members (excludes halogenated alkanes) is 1. The van der Waals surface area contributed by atoms with E-state index in [1.165, 1.54) is 20.0 Å². The van der Waals surface area contributed by atoms with Crippen LogP contribution in [0.3, 0.4) is 0 Å². The Hall–Kier alpha value is -3.39. The molecule has 0 saturated carbocycles. The fraction of sp³-hybridized carbons (Fsp3) is 0.484. The topological polar surface area (TPSA) is 95.4 Å². The van der Waals surface area contributed by atoms with Gasteiger partial charge in [-0.1, -0.05) is 55.3 Å². The van der Waals surface area contributed by atoms with Crippen molar-refractivity contribution < 1.29 is 19.1 Å². The van der Waals surface area contributed by atoms with Crippen molar-refractivity contribution >= 4 is 22.8 Å². The second-order valence-electron chi connectivity index (χ2n) is 11.2. The number of aromatic nitrogens is 2. The third kappa shape index (κ3) is 7.38. The normalized spacial score (nSPS) is 16.5. The summed E-state index contributed by atoms with van der Waals surface area (Å²) in [6.07, 6.45) is 4.78. The van der Waals surface area contributed by atoms with Crippen LogP contribution >= 0.6 is 0 Å². The average Bonchev–Trinajstić information content (AvgIpc) is 2.94. The maximum Gasteiger partial charge on any atom is 0.272 e. The number of amides is 2. The number of aliphatic hydroxyl groups excluding tert-OH is 1. The van der Waals surface area contributed by atoms with Gasteiger partial charge < -0.3 is 15.3 Å². The van der Waals surface area contributed by atoms with Crippen LogP contribution in [0.25, 0.3) is 11.0 Å². The Morgan fingerprint density at radius 1 is 1.00 bits per heavy atom. The number of hydrogen-bond acceptors (Lipinski definition) is 5. The molecule has 1 saturated heterocycles. The zero-order chi connectivity index (χ0) is 27.9. The number of alkyl halides is 1. The van der Waals surface area contributed by atoms with Crippen molar-refractivity contribution in [2.24, 2.45) is 0 Å². The molecule has 0 spiro atoms. The van der Waals surface area contributed by atoms with Gasteiger partial charge in [-0.25, -0.2) is 9.37 Å². The van der Waals surface area contributed by atoms with Crippen LogP contribution in [0.5, 0.6) is 0 Å². The quantitative estimate of drug-likeness (QED) is 0.337. The molecule has 3 aromatic rings. The largest absolute Gasteiger partial charge is 0.390 e. The molecule has 0 unspecified atom stereocenters. The fourth-order valence-electron chi connectivity index (χ4n) is 5.28. The minimum Gasteiger partial charge on any atom is -0.390 e. The second-order valence-corrected chi connectivity index (χ2v) is 11.2.